The summed E-state index contributed by atoms with van der Waals surface area (Å²) in [4.78, 5) is 16.0. The second-order valence-electron chi connectivity index (χ2n) is 5.31. The van der Waals surface area contributed by atoms with E-state index in [0.717, 1.165) is 17.0 Å². The molecular formula is C18H20ClN3O2. The molecule has 0 radical (unpaired) electrons. The molecule has 0 fully saturated rings. The van der Waals surface area contributed by atoms with Gasteiger partial charge in [-0.25, -0.2) is 5.43 Å². The lowest BCUT2D eigenvalue weighted by atomic mass is 10.2. The highest BCUT2D eigenvalue weighted by Gasteiger charge is 2.04. The molecule has 1 aromatic heterocycles. The average Bonchev–Trinajstić information content (AvgIpc) is 2.59. The minimum atomic E-state index is -0.151. The van der Waals surface area contributed by atoms with Crippen LogP contribution in [0.3, 0.4) is 0 Å². The number of aromatic nitrogens is 1. The van der Waals surface area contributed by atoms with Gasteiger partial charge in [0.1, 0.15) is 5.75 Å². The number of aryl methyl sites for hydroxylation is 1. The molecule has 0 saturated carbocycles. The number of benzene rings is 1. The van der Waals surface area contributed by atoms with Crippen molar-refractivity contribution >= 4 is 23.2 Å². The Morgan fingerprint density at radius 3 is 2.88 bits per heavy atom. The topological polar surface area (TPSA) is 63.6 Å². The first kappa shape index (κ1) is 17.9. The van der Waals surface area contributed by atoms with Gasteiger partial charge in [0.25, 0.3) is 0 Å². The summed E-state index contributed by atoms with van der Waals surface area (Å²) < 4.78 is 5.65. The van der Waals surface area contributed by atoms with Crippen LogP contribution in [0.1, 0.15) is 31.0 Å². The van der Waals surface area contributed by atoms with Gasteiger partial charge in [-0.3, -0.25) is 9.78 Å². The van der Waals surface area contributed by atoms with E-state index in [1.807, 2.05) is 37.3 Å². The summed E-state index contributed by atoms with van der Waals surface area (Å²) in [5.41, 5.74) is 4.91. The third-order valence-corrected chi connectivity index (χ3v) is 3.56. The van der Waals surface area contributed by atoms with Crippen molar-refractivity contribution in [2.24, 2.45) is 5.10 Å². The number of hydrogen-bond donors (Lipinski definition) is 1. The fourth-order valence-corrected chi connectivity index (χ4v) is 2.25. The molecule has 0 unspecified atom stereocenters. The summed E-state index contributed by atoms with van der Waals surface area (Å²) >= 11 is 5.90. The quantitative estimate of drug-likeness (QED) is 0.472. The van der Waals surface area contributed by atoms with Crippen LogP contribution in [-0.2, 0) is 4.79 Å². The number of amides is 1. The van der Waals surface area contributed by atoms with Crippen molar-refractivity contribution < 1.29 is 9.53 Å². The largest absolute Gasteiger partial charge is 0.493 e. The molecular weight excluding hydrogens is 326 g/mol. The molecule has 0 atom stereocenters. The first-order chi connectivity index (χ1) is 11.6. The summed E-state index contributed by atoms with van der Waals surface area (Å²) in [6, 6.07) is 11.0. The smallest absolute Gasteiger partial charge is 0.240 e. The first-order valence-electron chi connectivity index (χ1n) is 7.70. The minimum absolute atomic E-state index is 0.151. The Bertz CT molecular complexity index is 717. The van der Waals surface area contributed by atoms with E-state index < -0.39 is 0 Å². The monoisotopic (exact) mass is 345 g/mol. The Labute approximate surface area is 146 Å². The molecule has 2 aromatic rings. The summed E-state index contributed by atoms with van der Waals surface area (Å²) in [6.07, 6.45) is 2.63. The van der Waals surface area contributed by atoms with E-state index >= 15 is 0 Å². The number of carbonyl (C=O) groups excluding carboxylic acids is 1. The molecule has 1 aromatic carbocycles. The lowest BCUT2D eigenvalue weighted by Crippen LogP contribution is -2.20. The zero-order valence-corrected chi connectivity index (χ0v) is 14.5. The predicted molar refractivity (Wildman–Crippen MR) is 95.5 cm³/mol. The normalized spacial score (nSPS) is 11.2. The number of rotatable bonds is 7. The SMILES string of the molecule is CC(=NNC(=O)CCCOc1ccc(Cl)cc1C)c1ccccn1. The van der Waals surface area contributed by atoms with Crippen molar-refractivity contribution in [3.8, 4) is 5.75 Å². The van der Waals surface area contributed by atoms with E-state index in [9.17, 15) is 4.79 Å². The number of hydrazone groups is 1. The summed E-state index contributed by atoms with van der Waals surface area (Å²) in [6.45, 7) is 4.19. The van der Waals surface area contributed by atoms with Gasteiger partial charge in [-0.1, -0.05) is 17.7 Å². The highest BCUT2D eigenvalue weighted by Crippen LogP contribution is 2.21. The maximum atomic E-state index is 11.8. The Kier molecular flexibility index (Phi) is 6.75. The molecule has 0 aliphatic rings. The lowest BCUT2D eigenvalue weighted by molar-refractivity contribution is -0.121. The summed E-state index contributed by atoms with van der Waals surface area (Å²) in [5, 5.41) is 4.74. The van der Waals surface area contributed by atoms with E-state index in [1.165, 1.54) is 0 Å². The molecule has 126 valence electrons. The van der Waals surface area contributed by atoms with Crippen LogP contribution in [0.2, 0.25) is 5.02 Å². The van der Waals surface area contributed by atoms with Crippen LogP contribution >= 0.6 is 11.6 Å². The van der Waals surface area contributed by atoms with Gasteiger partial charge in [0.05, 0.1) is 18.0 Å². The van der Waals surface area contributed by atoms with Gasteiger partial charge in [0.15, 0.2) is 0 Å². The van der Waals surface area contributed by atoms with Gasteiger partial charge in [-0.2, -0.15) is 5.10 Å². The van der Waals surface area contributed by atoms with Gasteiger partial charge in [-0.15, -0.1) is 0 Å². The fourth-order valence-electron chi connectivity index (χ4n) is 2.03. The van der Waals surface area contributed by atoms with Crippen LogP contribution in [0, 0.1) is 6.92 Å². The van der Waals surface area contributed by atoms with Crippen LogP contribution in [-0.4, -0.2) is 23.2 Å². The van der Waals surface area contributed by atoms with E-state index in [0.29, 0.717) is 30.2 Å². The number of ether oxygens (including phenoxy) is 1. The Morgan fingerprint density at radius 2 is 2.17 bits per heavy atom. The van der Waals surface area contributed by atoms with Gasteiger partial charge in [0, 0.05) is 17.6 Å². The number of halogens is 1. The van der Waals surface area contributed by atoms with E-state index in [-0.39, 0.29) is 5.91 Å². The zero-order valence-electron chi connectivity index (χ0n) is 13.8. The third-order valence-electron chi connectivity index (χ3n) is 3.33. The molecule has 1 heterocycles. The van der Waals surface area contributed by atoms with Gasteiger partial charge < -0.3 is 4.74 Å². The summed E-state index contributed by atoms with van der Waals surface area (Å²) in [5.74, 6) is 0.630. The highest BCUT2D eigenvalue weighted by molar-refractivity contribution is 6.30. The second kappa shape index (κ2) is 9.03. The van der Waals surface area contributed by atoms with Gasteiger partial charge >= 0.3 is 0 Å². The maximum absolute atomic E-state index is 11.8. The van der Waals surface area contributed by atoms with E-state index in [2.05, 4.69) is 15.5 Å². The van der Waals surface area contributed by atoms with Crippen molar-refractivity contribution in [3.63, 3.8) is 0 Å². The number of nitrogens with one attached hydrogen (secondary N) is 1. The molecule has 0 bridgehead atoms. The van der Waals surface area contributed by atoms with Gasteiger partial charge in [-0.05, 0) is 56.2 Å². The molecule has 0 aliphatic carbocycles. The third kappa shape index (κ3) is 5.66. The van der Waals surface area contributed by atoms with Crippen LogP contribution in [0.15, 0.2) is 47.7 Å². The molecule has 24 heavy (non-hydrogen) atoms. The second-order valence-corrected chi connectivity index (χ2v) is 5.75. The fraction of sp³-hybridized carbons (Fsp3) is 0.278. The summed E-state index contributed by atoms with van der Waals surface area (Å²) in [7, 11) is 0. The highest BCUT2D eigenvalue weighted by atomic mass is 35.5. The number of hydrogen-bond acceptors (Lipinski definition) is 4. The standard InChI is InChI=1S/C18H20ClN3O2/c1-13-12-15(19)8-9-17(13)24-11-5-7-18(23)22-21-14(2)16-6-3-4-10-20-16/h3-4,6,8-10,12H,5,7,11H2,1-2H3,(H,22,23). The Hall–Kier alpha value is -2.40. The van der Waals surface area contributed by atoms with Crippen LogP contribution in [0.5, 0.6) is 5.75 Å². The number of nitrogens with zero attached hydrogens (tertiary/aromatic N) is 2. The molecule has 0 spiro atoms. The number of carbonyl (C=O) groups is 1. The van der Waals surface area contributed by atoms with Crippen molar-refractivity contribution in [2.75, 3.05) is 6.61 Å². The van der Waals surface area contributed by atoms with Gasteiger partial charge in [0.2, 0.25) is 5.91 Å². The lowest BCUT2D eigenvalue weighted by Gasteiger charge is -2.09. The number of pyridine rings is 1. The molecule has 6 heteroatoms. The van der Waals surface area contributed by atoms with Crippen molar-refractivity contribution in [1.29, 1.82) is 0 Å². The van der Waals surface area contributed by atoms with E-state index in [1.54, 1.807) is 19.2 Å². The Balaban J connectivity index is 1.72. The predicted octanol–water partition coefficient (Wildman–Crippen LogP) is 3.74. The van der Waals surface area contributed by atoms with Crippen molar-refractivity contribution in [3.05, 3.63) is 58.9 Å². The Morgan fingerprint density at radius 1 is 1.33 bits per heavy atom. The van der Waals surface area contributed by atoms with E-state index in [4.69, 9.17) is 16.3 Å². The molecule has 0 aliphatic heterocycles. The van der Waals surface area contributed by atoms with Crippen LogP contribution < -0.4 is 10.2 Å². The molecule has 1 amide bonds. The molecule has 0 saturated heterocycles. The molecule has 5 nitrogen and oxygen atoms in total. The van der Waals surface area contributed by atoms with Crippen LogP contribution in [0.25, 0.3) is 0 Å². The molecule has 2 rings (SSSR count). The molecule has 1 N–H and O–H groups in total. The van der Waals surface area contributed by atoms with Crippen molar-refractivity contribution in [2.45, 2.75) is 26.7 Å². The average molecular weight is 346 g/mol. The zero-order chi connectivity index (χ0) is 17.4. The van der Waals surface area contributed by atoms with Crippen LogP contribution in [0.4, 0.5) is 0 Å². The maximum Gasteiger partial charge on any atom is 0.240 e. The van der Waals surface area contributed by atoms with Crippen molar-refractivity contribution in [1.82, 2.24) is 10.4 Å². The minimum Gasteiger partial charge on any atom is -0.493 e. The first-order valence-corrected chi connectivity index (χ1v) is 8.07.